The first-order valence-corrected chi connectivity index (χ1v) is 8.74. The highest BCUT2D eigenvalue weighted by Crippen LogP contribution is 2.19. The molecule has 0 saturated carbocycles. The fourth-order valence-corrected chi connectivity index (χ4v) is 2.76. The topological polar surface area (TPSA) is 83.7 Å². The average molecular weight is 373 g/mol. The number of H-pyrrole nitrogens is 1. The van der Waals surface area contributed by atoms with Crippen LogP contribution in [0, 0.1) is 13.8 Å². The highest BCUT2D eigenvalue weighted by Gasteiger charge is 2.22. The van der Waals surface area contributed by atoms with E-state index in [1.165, 1.54) is 7.11 Å². The van der Waals surface area contributed by atoms with E-state index < -0.39 is 5.97 Å². The predicted octanol–water partition coefficient (Wildman–Crippen LogP) is 2.43. The first-order valence-electron chi connectivity index (χ1n) is 8.74. The molecule has 0 saturated heterocycles. The molecule has 2 N–H and O–H groups in total. The number of aromatic amines is 1. The third-order valence-electron chi connectivity index (χ3n) is 4.30. The summed E-state index contributed by atoms with van der Waals surface area (Å²) < 4.78 is 10.0. The maximum absolute atomic E-state index is 12.5. The molecule has 146 valence electrons. The van der Waals surface area contributed by atoms with Crippen LogP contribution < -0.4 is 10.2 Å². The molecule has 0 aliphatic carbocycles. The minimum atomic E-state index is -0.461. The van der Waals surface area contributed by atoms with Gasteiger partial charge in [-0.3, -0.25) is 4.79 Å². The number of carbonyl (C=O) groups is 2. The Labute approximate surface area is 159 Å². The van der Waals surface area contributed by atoms with Crippen molar-refractivity contribution in [2.75, 3.05) is 39.3 Å². The average Bonchev–Trinajstić information content (AvgIpc) is 2.94. The van der Waals surface area contributed by atoms with Crippen molar-refractivity contribution < 1.29 is 19.1 Å². The SMILES string of the molecule is COCCOC(=O)c1c(C)[nH]c(C(=O)NCc2ccc(N(C)C)cc2)c1C. The zero-order chi connectivity index (χ0) is 20.0. The molecule has 1 aromatic carbocycles. The van der Waals surface area contributed by atoms with Gasteiger partial charge in [0.2, 0.25) is 0 Å². The van der Waals surface area contributed by atoms with Crippen LogP contribution in [0.15, 0.2) is 24.3 Å². The second-order valence-corrected chi connectivity index (χ2v) is 6.50. The highest BCUT2D eigenvalue weighted by molar-refractivity contribution is 6.00. The number of hydrogen-bond donors (Lipinski definition) is 2. The summed E-state index contributed by atoms with van der Waals surface area (Å²) in [5.74, 6) is -0.722. The molecule has 0 aliphatic rings. The van der Waals surface area contributed by atoms with Crippen molar-refractivity contribution in [3.8, 4) is 0 Å². The molecule has 1 aromatic heterocycles. The highest BCUT2D eigenvalue weighted by atomic mass is 16.6. The number of aryl methyl sites for hydroxylation is 1. The van der Waals surface area contributed by atoms with Gasteiger partial charge in [0.05, 0.1) is 12.2 Å². The first-order chi connectivity index (χ1) is 12.8. The monoisotopic (exact) mass is 373 g/mol. The molecule has 7 heteroatoms. The van der Waals surface area contributed by atoms with E-state index in [-0.39, 0.29) is 12.5 Å². The normalized spacial score (nSPS) is 10.6. The van der Waals surface area contributed by atoms with Gasteiger partial charge in [0.1, 0.15) is 12.3 Å². The smallest absolute Gasteiger partial charge is 0.340 e. The van der Waals surface area contributed by atoms with Crippen LogP contribution >= 0.6 is 0 Å². The molecule has 0 spiro atoms. The summed E-state index contributed by atoms with van der Waals surface area (Å²) in [5.41, 5.74) is 4.04. The Hall–Kier alpha value is -2.80. The lowest BCUT2D eigenvalue weighted by atomic mass is 10.1. The van der Waals surface area contributed by atoms with Crippen molar-refractivity contribution in [2.24, 2.45) is 0 Å². The van der Waals surface area contributed by atoms with E-state index in [9.17, 15) is 9.59 Å². The zero-order valence-corrected chi connectivity index (χ0v) is 16.5. The number of rotatable bonds is 8. The van der Waals surface area contributed by atoms with E-state index in [4.69, 9.17) is 9.47 Å². The van der Waals surface area contributed by atoms with Crippen LogP contribution in [0.25, 0.3) is 0 Å². The van der Waals surface area contributed by atoms with E-state index in [2.05, 4.69) is 10.3 Å². The van der Waals surface area contributed by atoms with Crippen LogP contribution in [-0.2, 0) is 16.0 Å². The maximum Gasteiger partial charge on any atom is 0.340 e. The van der Waals surface area contributed by atoms with Gasteiger partial charge in [-0.25, -0.2) is 4.79 Å². The molecule has 1 amide bonds. The number of aromatic nitrogens is 1. The minimum absolute atomic E-state index is 0.171. The zero-order valence-electron chi connectivity index (χ0n) is 16.5. The molecule has 1 heterocycles. The van der Waals surface area contributed by atoms with Crippen LogP contribution in [0.5, 0.6) is 0 Å². The number of benzene rings is 1. The molecule has 0 aliphatic heterocycles. The van der Waals surface area contributed by atoms with Crippen molar-refractivity contribution in [3.63, 3.8) is 0 Å². The van der Waals surface area contributed by atoms with Crippen LogP contribution in [0.3, 0.4) is 0 Å². The largest absolute Gasteiger partial charge is 0.460 e. The molecule has 2 rings (SSSR count). The fourth-order valence-electron chi connectivity index (χ4n) is 2.76. The second-order valence-electron chi connectivity index (χ2n) is 6.50. The van der Waals surface area contributed by atoms with E-state index in [1.807, 2.05) is 43.3 Å². The molecule has 0 fully saturated rings. The number of hydrogen-bond acceptors (Lipinski definition) is 5. The summed E-state index contributed by atoms with van der Waals surface area (Å²) >= 11 is 0. The Morgan fingerprint density at radius 1 is 1.11 bits per heavy atom. The number of amides is 1. The van der Waals surface area contributed by atoms with Gasteiger partial charge in [-0.2, -0.15) is 0 Å². The molecule has 7 nitrogen and oxygen atoms in total. The molecule has 0 bridgehead atoms. The van der Waals surface area contributed by atoms with Crippen molar-refractivity contribution in [3.05, 3.63) is 52.3 Å². The lowest BCUT2D eigenvalue weighted by Gasteiger charge is -2.13. The van der Waals surface area contributed by atoms with Crippen molar-refractivity contribution >= 4 is 17.6 Å². The summed E-state index contributed by atoms with van der Waals surface area (Å²) in [7, 11) is 5.49. The van der Waals surface area contributed by atoms with Gasteiger partial charge in [0.25, 0.3) is 5.91 Å². The van der Waals surface area contributed by atoms with Crippen LogP contribution in [0.2, 0.25) is 0 Å². The lowest BCUT2D eigenvalue weighted by molar-refractivity contribution is 0.0387. The van der Waals surface area contributed by atoms with Gasteiger partial charge >= 0.3 is 5.97 Å². The van der Waals surface area contributed by atoms with E-state index in [0.29, 0.717) is 35.7 Å². The Morgan fingerprint density at radius 2 is 1.78 bits per heavy atom. The summed E-state index contributed by atoms with van der Waals surface area (Å²) in [4.78, 5) is 29.8. The number of methoxy groups -OCH3 is 1. The molecular formula is C20H27N3O4. The number of nitrogens with zero attached hydrogens (tertiary/aromatic N) is 1. The van der Waals surface area contributed by atoms with Crippen molar-refractivity contribution in [1.29, 1.82) is 0 Å². The third kappa shape index (κ3) is 5.10. The third-order valence-corrected chi connectivity index (χ3v) is 4.30. The van der Waals surface area contributed by atoms with E-state index in [0.717, 1.165) is 11.3 Å². The summed E-state index contributed by atoms with van der Waals surface area (Å²) in [6.07, 6.45) is 0. The van der Waals surface area contributed by atoms with Gasteiger partial charge < -0.3 is 24.7 Å². The lowest BCUT2D eigenvalue weighted by Crippen LogP contribution is -2.24. The Balaban J connectivity index is 2.04. The number of carbonyl (C=O) groups excluding carboxylic acids is 2. The number of ether oxygens (including phenoxy) is 2. The quantitative estimate of drug-likeness (QED) is 0.548. The van der Waals surface area contributed by atoms with Crippen LogP contribution in [0.1, 0.15) is 37.7 Å². The van der Waals surface area contributed by atoms with E-state index >= 15 is 0 Å². The molecule has 0 radical (unpaired) electrons. The van der Waals surface area contributed by atoms with Gasteiger partial charge in [-0.05, 0) is 37.1 Å². The molecular weight excluding hydrogens is 346 g/mol. The van der Waals surface area contributed by atoms with Gasteiger partial charge in [0.15, 0.2) is 0 Å². The Bertz CT molecular complexity index is 794. The van der Waals surface area contributed by atoms with E-state index in [1.54, 1.807) is 13.8 Å². The standard InChI is InChI=1S/C20H27N3O4/c1-13-17(20(25)27-11-10-26-5)14(2)22-18(13)19(24)21-12-15-6-8-16(9-7-15)23(3)4/h6-9,22H,10-12H2,1-5H3,(H,21,24). The summed E-state index contributed by atoms with van der Waals surface area (Å²) in [6.45, 7) is 4.38. The minimum Gasteiger partial charge on any atom is -0.460 e. The Morgan fingerprint density at radius 3 is 2.37 bits per heavy atom. The fraction of sp³-hybridized carbons (Fsp3) is 0.400. The number of esters is 1. The molecule has 0 unspecified atom stereocenters. The van der Waals surface area contributed by atoms with Crippen LogP contribution in [-0.4, -0.2) is 51.3 Å². The van der Waals surface area contributed by atoms with Crippen molar-refractivity contribution in [2.45, 2.75) is 20.4 Å². The molecule has 27 heavy (non-hydrogen) atoms. The predicted molar refractivity (Wildman–Crippen MR) is 104 cm³/mol. The molecule has 2 aromatic rings. The second kappa shape index (κ2) is 9.23. The summed E-state index contributed by atoms with van der Waals surface area (Å²) in [6, 6.07) is 7.95. The van der Waals surface area contributed by atoms with Crippen LogP contribution in [0.4, 0.5) is 5.69 Å². The van der Waals surface area contributed by atoms with Gasteiger partial charge in [0, 0.05) is 39.1 Å². The van der Waals surface area contributed by atoms with Gasteiger partial charge in [-0.15, -0.1) is 0 Å². The van der Waals surface area contributed by atoms with Crippen molar-refractivity contribution in [1.82, 2.24) is 10.3 Å². The first kappa shape index (κ1) is 20.5. The summed E-state index contributed by atoms with van der Waals surface area (Å²) in [5, 5.41) is 2.88. The maximum atomic E-state index is 12.5. The number of anilines is 1. The van der Waals surface area contributed by atoms with Gasteiger partial charge in [-0.1, -0.05) is 12.1 Å². The number of nitrogens with one attached hydrogen (secondary N) is 2. The Kier molecular flexibility index (Phi) is 7.01. The molecule has 0 atom stereocenters.